The quantitative estimate of drug-likeness (QED) is 0.500. The van der Waals surface area contributed by atoms with Crippen LogP contribution in [0.2, 0.25) is 0 Å². The number of hydrogen-bond donors (Lipinski definition) is 0. The molecule has 4 rings (SSSR count). The van der Waals surface area contributed by atoms with Gasteiger partial charge in [-0.25, -0.2) is 0 Å². The van der Waals surface area contributed by atoms with Crippen LogP contribution >= 0.6 is 0 Å². The summed E-state index contributed by atoms with van der Waals surface area (Å²) in [6.07, 6.45) is 3.22. The average molecular weight is 341 g/mol. The molecule has 3 aromatic rings. The zero-order valence-electron chi connectivity index (χ0n) is 15.3. The van der Waals surface area contributed by atoms with Crippen LogP contribution in [0.4, 0.5) is 0 Å². The number of rotatable bonds is 3. The largest absolute Gasteiger partial charge is 0.399 e. The van der Waals surface area contributed by atoms with E-state index in [1.54, 1.807) is 7.11 Å². The van der Waals surface area contributed by atoms with Gasteiger partial charge in [0.25, 0.3) is 0 Å². The first-order chi connectivity index (χ1) is 12.8. The van der Waals surface area contributed by atoms with Crippen LogP contribution in [0.3, 0.4) is 0 Å². The molecule has 1 aliphatic carbocycles. The summed E-state index contributed by atoms with van der Waals surface area (Å²) in [5.41, 5.74) is 7.49. The first-order valence-electron chi connectivity index (χ1n) is 9.17. The standard InChI is InChI=1S/C24H23NO/c1-17-9-8-14-23(25-26-2)24(17)22-16-15-19(18-10-4-3-5-11-18)20-12-6-7-13-21(20)22/h3-7,10-13,15-16H,8-9,14H2,1-2H3/b25-23+. The highest BCUT2D eigenvalue weighted by Crippen LogP contribution is 2.38. The Hall–Kier alpha value is -2.87. The summed E-state index contributed by atoms with van der Waals surface area (Å²) >= 11 is 0. The van der Waals surface area contributed by atoms with Crippen molar-refractivity contribution < 1.29 is 4.84 Å². The van der Waals surface area contributed by atoms with Gasteiger partial charge in [-0.1, -0.05) is 77.5 Å². The monoisotopic (exact) mass is 341 g/mol. The van der Waals surface area contributed by atoms with Gasteiger partial charge in [-0.15, -0.1) is 0 Å². The van der Waals surface area contributed by atoms with Crippen molar-refractivity contribution in [3.63, 3.8) is 0 Å². The molecule has 0 heterocycles. The van der Waals surface area contributed by atoms with Crippen molar-refractivity contribution in [1.29, 1.82) is 0 Å². The van der Waals surface area contributed by atoms with Gasteiger partial charge in [-0.3, -0.25) is 0 Å². The molecule has 0 N–H and O–H groups in total. The van der Waals surface area contributed by atoms with E-state index in [1.807, 2.05) is 0 Å². The van der Waals surface area contributed by atoms with Crippen LogP contribution in [0.25, 0.3) is 27.5 Å². The van der Waals surface area contributed by atoms with Gasteiger partial charge < -0.3 is 4.84 Å². The summed E-state index contributed by atoms with van der Waals surface area (Å²) < 4.78 is 0. The fourth-order valence-corrected chi connectivity index (χ4v) is 3.99. The minimum absolute atomic E-state index is 0.968. The number of nitrogens with zero attached hydrogens (tertiary/aromatic N) is 1. The van der Waals surface area contributed by atoms with Crippen LogP contribution in [0.15, 0.2) is 77.5 Å². The molecule has 0 aliphatic heterocycles. The maximum atomic E-state index is 5.14. The van der Waals surface area contributed by atoms with E-state index >= 15 is 0 Å². The zero-order chi connectivity index (χ0) is 17.9. The van der Waals surface area contributed by atoms with Gasteiger partial charge in [0.2, 0.25) is 0 Å². The Labute approximate surface area is 154 Å². The predicted octanol–water partition coefficient (Wildman–Crippen LogP) is 6.47. The number of allylic oxidation sites excluding steroid dienone is 2. The van der Waals surface area contributed by atoms with Crippen LogP contribution in [0.1, 0.15) is 31.7 Å². The van der Waals surface area contributed by atoms with Crippen molar-refractivity contribution in [2.75, 3.05) is 7.11 Å². The Kier molecular flexibility index (Phi) is 4.57. The summed E-state index contributed by atoms with van der Waals surface area (Å²) in [4.78, 5) is 5.14. The minimum atomic E-state index is 0.968. The van der Waals surface area contributed by atoms with Crippen LogP contribution in [-0.2, 0) is 4.84 Å². The van der Waals surface area contributed by atoms with E-state index in [9.17, 15) is 0 Å². The topological polar surface area (TPSA) is 21.6 Å². The first kappa shape index (κ1) is 16.6. The van der Waals surface area contributed by atoms with E-state index in [0.717, 1.165) is 25.0 Å². The summed E-state index contributed by atoms with van der Waals surface area (Å²) in [6, 6.07) is 23.7. The molecule has 0 amide bonds. The molecule has 0 atom stereocenters. The number of oxime groups is 1. The highest BCUT2D eigenvalue weighted by Gasteiger charge is 2.21. The van der Waals surface area contributed by atoms with Crippen molar-refractivity contribution in [1.82, 2.24) is 0 Å². The average Bonchev–Trinajstić information content (AvgIpc) is 2.69. The Morgan fingerprint density at radius 2 is 1.42 bits per heavy atom. The van der Waals surface area contributed by atoms with Gasteiger partial charge in [0.1, 0.15) is 7.11 Å². The first-order valence-corrected chi connectivity index (χ1v) is 9.17. The van der Waals surface area contributed by atoms with E-state index < -0.39 is 0 Å². The summed E-state index contributed by atoms with van der Waals surface area (Å²) in [5.74, 6) is 0. The fourth-order valence-electron chi connectivity index (χ4n) is 3.99. The Bertz CT molecular complexity index is 999. The maximum absolute atomic E-state index is 5.14. The highest BCUT2D eigenvalue weighted by molar-refractivity contribution is 6.28. The zero-order valence-corrected chi connectivity index (χ0v) is 15.3. The molecule has 0 aromatic heterocycles. The summed E-state index contributed by atoms with van der Waals surface area (Å²) in [5, 5.41) is 6.89. The summed E-state index contributed by atoms with van der Waals surface area (Å²) in [7, 11) is 1.63. The van der Waals surface area contributed by atoms with E-state index in [1.165, 1.54) is 38.6 Å². The predicted molar refractivity (Wildman–Crippen MR) is 110 cm³/mol. The molecule has 130 valence electrons. The lowest BCUT2D eigenvalue weighted by Gasteiger charge is -2.22. The highest BCUT2D eigenvalue weighted by atomic mass is 16.6. The van der Waals surface area contributed by atoms with Crippen LogP contribution in [-0.4, -0.2) is 12.8 Å². The van der Waals surface area contributed by atoms with Crippen molar-refractivity contribution in [3.8, 4) is 11.1 Å². The minimum Gasteiger partial charge on any atom is -0.399 e. The van der Waals surface area contributed by atoms with Gasteiger partial charge in [-0.2, -0.15) is 0 Å². The molecule has 3 aromatic carbocycles. The van der Waals surface area contributed by atoms with Crippen molar-refractivity contribution in [3.05, 3.63) is 77.9 Å². The second-order valence-corrected chi connectivity index (χ2v) is 6.80. The third-order valence-electron chi connectivity index (χ3n) is 5.16. The number of hydrogen-bond acceptors (Lipinski definition) is 2. The van der Waals surface area contributed by atoms with Gasteiger partial charge in [0.05, 0.1) is 5.71 Å². The third kappa shape index (κ3) is 2.92. The molecule has 2 heteroatoms. The Morgan fingerprint density at radius 3 is 2.15 bits per heavy atom. The van der Waals surface area contributed by atoms with E-state index in [4.69, 9.17) is 4.84 Å². The second-order valence-electron chi connectivity index (χ2n) is 6.80. The normalized spacial score (nSPS) is 16.3. The van der Waals surface area contributed by atoms with Gasteiger partial charge >= 0.3 is 0 Å². The second kappa shape index (κ2) is 7.17. The lowest BCUT2D eigenvalue weighted by atomic mass is 9.83. The Balaban J connectivity index is 1.97. The van der Waals surface area contributed by atoms with Gasteiger partial charge in [0, 0.05) is 5.57 Å². The molecular formula is C24H23NO. The molecular weight excluding hydrogens is 318 g/mol. The Morgan fingerprint density at radius 1 is 0.769 bits per heavy atom. The molecule has 1 aliphatic rings. The molecule has 0 radical (unpaired) electrons. The maximum Gasteiger partial charge on any atom is 0.106 e. The van der Waals surface area contributed by atoms with Gasteiger partial charge in [-0.05, 0) is 53.6 Å². The molecule has 0 unspecified atom stereocenters. The third-order valence-corrected chi connectivity index (χ3v) is 5.16. The lowest BCUT2D eigenvalue weighted by Crippen LogP contribution is -2.11. The molecule has 0 saturated carbocycles. The van der Waals surface area contributed by atoms with Crippen LogP contribution in [0.5, 0.6) is 0 Å². The van der Waals surface area contributed by atoms with Crippen molar-refractivity contribution in [2.45, 2.75) is 26.2 Å². The van der Waals surface area contributed by atoms with Gasteiger partial charge in [0.15, 0.2) is 0 Å². The van der Waals surface area contributed by atoms with E-state index in [0.29, 0.717) is 0 Å². The molecule has 0 saturated heterocycles. The molecule has 26 heavy (non-hydrogen) atoms. The number of benzene rings is 3. The van der Waals surface area contributed by atoms with E-state index in [-0.39, 0.29) is 0 Å². The lowest BCUT2D eigenvalue weighted by molar-refractivity contribution is 0.213. The molecule has 0 fully saturated rings. The molecule has 0 bridgehead atoms. The molecule has 0 spiro atoms. The SMILES string of the molecule is CO/N=C1\CCCC(C)=C1c1ccc(-c2ccccc2)c2ccccc12. The van der Waals surface area contributed by atoms with Crippen molar-refractivity contribution in [2.24, 2.45) is 5.16 Å². The summed E-state index contributed by atoms with van der Waals surface area (Å²) in [6.45, 7) is 2.22. The van der Waals surface area contributed by atoms with Crippen LogP contribution < -0.4 is 0 Å². The van der Waals surface area contributed by atoms with Crippen molar-refractivity contribution >= 4 is 22.1 Å². The van der Waals surface area contributed by atoms with E-state index in [2.05, 4.69) is 78.8 Å². The number of fused-ring (bicyclic) bond motifs is 1. The fraction of sp³-hybridized carbons (Fsp3) is 0.208. The smallest absolute Gasteiger partial charge is 0.106 e. The molecule has 2 nitrogen and oxygen atoms in total. The van der Waals surface area contributed by atoms with Crippen LogP contribution in [0, 0.1) is 0 Å².